The fourth-order valence-electron chi connectivity index (χ4n) is 1.82. The molecule has 1 heterocycles. The van der Waals surface area contributed by atoms with Crippen molar-refractivity contribution in [3.05, 3.63) is 5.69 Å². The third kappa shape index (κ3) is 5.71. The lowest BCUT2D eigenvalue weighted by Gasteiger charge is -2.19. The first-order chi connectivity index (χ1) is 10.4. The Morgan fingerprint density at radius 2 is 1.96 bits per heavy atom. The van der Waals surface area contributed by atoms with E-state index in [1.54, 1.807) is 34.7 Å². The zero-order valence-electron chi connectivity index (χ0n) is 14.1. The van der Waals surface area contributed by atoms with Gasteiger partial charge in [-0.25, -0.2) is 17.9 Å². The van der Waals surface area contributed by atoms with Crippen LogP contribution in [0.1, 0.15) is 32.9 Å². The minimum atomic E-state index is -3.73. The topological polar surface area (TPSA) is 128 Å². The minimum absolute atomic E-state index is 0.0138. The lowest BCUT2D eigenvalue weighted by molar-refractivity contribution is 0.0527. The van der Waals surface area contributed by atoms with Gasteiger partial charge in [-0.05, 0) is 34.1 Å². The van der Waals surface area contributed by atoms with E-state index < -0.39 is 21.7 Å². The number of alkyl carbamates (subject to hydrolysis) is 1. The predicted molar refractivity (Wildman–Crippen MR) is 86.4 cm³/mol. The van der Waals surface area contributed by atoms with Crippen LogP contribution in [0.25, 0.3) is 0 Å². The maximum atomic E-state index is 12.2. The van der Waals surface area contributed by atoms with Gasteiger partial charge in [0.2, 0.25) is 10.0 Å². The summed E-state index contributed by atoms with van der Waals surface area (Å²) in [5, 5.41) is 6.44. The quantitative estimate of drug-likeness (QED) is 0.643. The summed E-state index contributed by atoms with van der Waals surface area (Å²) < 4.78 is 33.4. The second-order valence-corrected chi connectivity index (χ2v) is 7.81. The van der Waals surface area contributed by atoms with Gasteiger partial charge < -0.3 is 15.8 Å². The number of anilines is 1. The van der Waals surface area contributed by atoms with Gasteiger partial charge in [-0.15, -0.1) is 0 Å². The van der Waals surface area contributed by atoms with Crippen LogP contribution < -0.4 is 15.8 Å². The first-order valence-corrected chi connectivity index (χ1v) is 8.68. The fraction of sp³-hybridized carbons (Fsp3) is 0.692. The molecule has 0 aliphatic heterocycles. The summed E-state index contributed by atoms with van der Waals surface area (Å²) in [4.78, 5) is 11.4. The van der Waals surface area contributed by atoms with E-state index in [2.05, 4.69) is 15.1 Å². The SMILES string of the molecule is Cc1c(S(=O)(=O)NCCCNC(=O)OC(C)(C)C)c(N)nn1C. The zero-order chi connectivity index (χ0) is 17.8. The molecule has 0 bridgehead atoms. The van der Waals surface area contributed by atoms with Crippen molar-refractivity contribution < 1.29 is 17.9 Å². The highest BCUT2D eigenvalue weighted by Gasteiger charge is 2.24. The van der Waals surface area contributed by atoms with Crippen molar-refractivity contribution in [3.63, 3.8) is 0 Å². The van der Waals surface area contributed by atoms with Gasteiger partial charge in [0.25, 0.3) is 0 Å². The summed E-state index contributed by atoms with van der Waals surface area (Å²) in [5.41, 5.74) is 5.52. The Balaban J connectivity index is 2.45. The monoisotopic (exact) mass is 347 g/mol. The highest BCUT2D eigenvalue weighted by atomic mass is 32.2. The first kappa shape index (κ1) is 19.2. The Kier molecular flexibility index (Phi) is 6.00. The highest BCUT2D eigenvalue weighted by Crippen LogP contribution is 2.20. The number of sulfonamides is 1. The number of hydrogen-bond donors (Lipinski definition) is 3. The van der Waals surface area contributed by atoms with Crippen molar-refractivity contribution in [2.75, 3.05) is 18.8 Å². The number of nitrogens with zero attached hydrogens (tertiary/aromatic N) is 2. The molecule has 0 aliphatic rings. The molecule has 0 unspecified atom stereocenters. The van der Waals surface area contributed by atoms with Crippen LogP contribution in [0.3, 0.4) is 0 Å². The average Bonchev–Trinajstić information content (AvgIpc) is 2.60. The molecule has 1 aromatic rings. The van der Waals surface area contributed by atoms with Crippen LogP contribution in [0.5, 0.6) is 0 Å². The first-order valence-electron chi connectivity index (χ1n) is 7.19. The molecule has 1 aromatic heterocycles. The van der Waals surface area contributed by atoms with Crippen LogP contribution in [-0.4, -0.2) is 43.0 Å². The lowest BCUT2D eigenvalue weighted by atomic mass is 10.2. The molecule has 0 spiro atoms. The molecule has 0 atom stereocenters. The molecule has 23 heavy (non-hydrogen) atoms. The summed E-state index contributed by atoms with van der Waals surface area (Å²) in [6.45, 7) is 7.37. The molecule has 0 aliphatic carbocycles. The van der Waals surface area contributed by atoms with E-state index >= 15 is 0 Å². The molecule has 4 N–H and O–H groups in total. The van der Waals surface area contributed by atoms with Gasteiger partial charge in [0.05, 0.1) is 5.69 Å². The number of carbonyl (C=O) groups is 1. The summed E-state index contributed by atoms with van der Waals surface area (Å²) in [6.07, 6.45) is -0.120. The molecule has 0 aromatic carbocycles. The number of ether oxygens (including phenoxy) is 1. The van der Waals surface area contributed by atoms with E-state index in [4.69, 9.17) is 10.5 Å². The maximum Gasteiger partial charge on any atom is 0.407 e. The number of nitrogen functional groups attached to an aromatic ring is 1. The lowest BCUT2D eigenvalue weighted by Crippen LogP contribution is -2.34. The molecular formula is C13H25N5O4S. The fourth-order valence-corrected chi connectivity index (χ4v) is 3.21. The van der Waals surface area contributed by atoms with Crippen LogP contribution in [0.2, 0.25) is 0 Å². The Bertz CT molecular complexity index is 661. The van der Waals surface area contributed by atoms with E-state index in [0.717, 1.165) is 0 Å². The molecular weight excluding hydrogens is 322 g/mol. The van der Waals surface area contributed by atoms with Gasteiger partial charge in [-0.3, -0.25) is 4.68 Å². The number of nitrogens with one attached hydrogen (secondary N) is 2. The largest absolute Gasteiger partial charge is 0.444 e. The van der Waals surface area contributed by atoms with Crippen molar-refractivity contribution in [2.45, 2.75) is 44.6 Å². The molecule has 0 saturated heterocycles. The second kappa shape index (κ2) is 7.18. The van der Waals surface area contributed by atoms with Crippen molar-refractivity contribution in [2.24, 2.45) is 7.05 Å². The maximum absolute atomic E-state index is 12.2. The Morgan fingerprint density at radius 3 is 2.43 bits per heavy atom. The summed E-state index contributed by atoms with van der Waals surface area (Å²) in [6, 6.07) is 0. The minimum Gasteiger partial charge on any atom is -0.444 e. The predicted octanol–water partition coefficient (Wildman–Crippen LogP) is 0.504. The van der Waals surface area contributed by atoms with Crippen LogP contribution in [0, 0.1) is 6.92 Å². The van der Waals surface area contributed by atoms with Crippen LogP contribution in [0.15, 0.2) is 4.90 Å². The van der Waals surface area contributed by atoms with Crippen molar-refractivity contribution in [1.29, 1.82) is 0 Å². The summed E-state index contributed by atoms with van der Waals surface area (Å²) in [7, 11) is -2.11. The Labute approximate surface area is 136 Å². The molecule has 9 nitrogen and oxygen atoms in total. The van der Waals surface area contributed by atoms with Gasteiger partial charge in [-0.1, -0.05) is 0 Å². The molecule has 132 valence electrons. The third-order valence-corrected chi connectivity index (χ3v) is 4.51. The number of aromatic nitrogens is 2. The number of aryl methyl sites for hydroxylation is 1. The molecule has 0 fully saturated rings. The Hall–Kier alpha value is -1.81. The number of nitrogens with two attached hydrogens (primary N) is 1. The standard InChI is InChI=1S/C13H25N5O4S/c1-9-10(11(14)17-18(9)5)23(20,21)16-8-6-7-15-12(19)22-13(2,3)4/h16H,6-8H2,1-5H3,(H2,14,17)(H,15,19). The average molecular weight is 347 g/mol. The smallest absolute Gasteiger partial charge is 0.407 e. The van der Waals surface area contributed by atoms with E-state index in [9.17, 15) is 13.2 Å². The number of rotatable bonds is 6. The van der Waals surface area contributed by atoms with Crippen LogP contribution in [0.4, 0.5) is 10.6 Å². The van der Waals surface area contributed by atoms with Gasteiger partial charge in [-0.2, -0.15) is 5.10 Å². The highest BCUT2D eigenvalue weighted by molar-refractivity contribution is 7.89. The van der Waals surface area contributed by atoms with Crippen molar-refractivity contribution in [3.8, 4) is 0 Å². The normalized spacial score (nSPS) is 12.2. The molecule has 0 saturated carbocycles. The van der Waals surface area contributed by atoms with E-state index in [1.165, 1.54) is 4.68 Å². The molecule has 10 heteroatoms. The number of carbonyl (C=O) groups excluding carboxylic acids is 1. The zero-order valence-corrected chi connectivity index (χ0v) is 15.0. The van der Waals surface area contributed by atoms with Gasteiger partial charge in [0.15, 0.2) is 5.82 Å². The van der Waals surface area contributed by atoms with Crippen molar-refractivity contribution in [1.82, 2.24) is 19.8 Å². The number of amides is 1. The van der Waals surface area contributed by atoms with Crippen LogP contribution >= 0.6 is 0 Å². The van der Waals surface area contributed by atoms with Gasteiger partial charge >= 0.3 is 6.09 Å². The van der Waals surface area contributed by atoms with E-state index in [1.807, 2.05) is 0 Å². The summed E-state index contributed by atoms with van der Waals surface area (Å²) in [5.74, 6) is -0.0376. The second-order valence-electron chi connectivity index (χ2n) is 6.10. The van der Waals surface area contributed by atoms with E-state index in [0.29, 0.717) is 18.7 Å². The van der Waals surface area contributed by atoms with Crippen molar-refractivity contribution >= 4 is 21.9 Å². The third-order valence-electron chi connectivity index (χ3n) is 2.89. The molecule has 1 amide bonds. The van der Waals surface area contributed by atoms with E-state index in [-0.39, 0.29) is 17.3 Å². The molecule has 1 rings (SSSR count). The Morgan fingerprint density at radius 1 is 1.35 bits per heavy atom. The summed E-state index contributed by atoms with van der Waals surface area (Å²) >= 11 is 0. The van der Waals surface area contributed by atoms with Gasteiger partial charge in [0, 0.05) is 20.1 Å². The number of hydrogen-bond acceptors (Lipinski definition) is 6. The molecule has 0 radical (unpaired) electrons. The van der Waals surface area contributed by atoms with Gasteiger partial charge in [0.1, 0.15) is 10.5 Å². The van der Waals surface area contributed by atoms with Crippen LogP contribution in [-0.2, 0) is 21.8 Å².